The summed E-state index contributed by atoms with van der Waals surface area (Å²) in [5.41, 5.74) is 0.590. The molecule has 2 aromatic carbocycles. The first kappa shape index (κ1) is 27.5. The van der Waals surface area contributed by atoms with Crippen LogP contribution in [0.3, 0.4) is 0 Å². The maximum absolute atomic E-state index is 13.7. The number of ether oxygens (including phenoxy) is 2. The van der Waals surface area contributed by atoms with Crippen LogP contribution in [0, 0.1) is 11.7 Å². The summed E-state index contributed by atoms with van der Waals surface area (Å²) in [4.78, 5) is 43.6. The molecule has 10 nitrogen and oxygen atoms in total. The van der Waals surface area contributed by atoms with Gasteiger partial charge in [0, 0.05) is 44.8 Å². The minimum Gasteiger partial charge on any atom is -0.379 e. The largest absolute Gasteiger partial charge is 0.379 e. The van der Waals surface area contributed by atoms with Gasteiger partial charge in [0.2, 0.25) is 15.8 Å². The Labute approximate surface area is 226 Å². The average molecular weight is 560 g/mol. The van der Waals surface area contributed by atoms with Gasteiger partial charge in [0.15, 0.2) is 5.78 Å². The molecule has 0 bridgehead atoms. The van der Waals surface area contributed by atoms with Crippen LogP contribution in [0.1, 0.15) is 22.0 Å². The van der Waals surface area contributed by atoms with Gasteiger partial charge in [-0.15, -0.1) is 0 Å². The molecule has 12 heteroatoms. The molecule has 3 aliphatic rings. The van der Waals surface area contributed by atoms with Crippen LogP contribution in [-0.2, 0) is 29.1 Å². The van der Waals surface area contributed by atoms with Gasteiger partial charge >= 0.3 is 0 Å². The molecule has 39 heavy (non-hydrogen) atoms. The van der Waals surface area contributed by atoms with E-state index in [1.165, 1.54) is 57.7 Å². The van der Waals surface area contributed by atoms with E-state index >= 15 is 0 Å². The molecular formula is C27H30FN3O7S. The Morgan fingerprint density at radius 1 is 0.846 bits per heavy atom. The first-order chi connectivity index (χ1) is 18.8. The first-order valence-corrected chi connectivity index (χ1v) is 14.3. The van der Waals surface area contributed by atoms with Crippen LogP contribution in [-0.4, -0.2) is 106 Å². The van der Waals surface area contributed by atoms with Crippen LogP contribution < -0.4 is 0 Å². The van der Waals surface area contributed by atoms with Crippen molar-refractivity contribution in [2.75, 3.05) is 65.7 Å². The van der Waals surface area contributed by atoms with Crippen molar-refractivity contribution < 1.29 is 36.7 Å². The third kappa shape index (κ3) is 5.66. The van der Waals surface area contributed by atoms with Crippen molar-refractivity contribution in [3.05, 3.63) is 65.5 Å². The lowest BCUT2D eigenvalue weighted by Crippen LogP contribution is -2.42. The highest BCUT2D eigenvalue weighted by Crippen LogP contribution is 2.38. The predicted molar refractivity (Wildman–Crippen MR) is 137 cm³/mol. The van der Waals surface area contributed by atoms with Crippen molar-refractivity contribution >= 4 is 27.5 Å². The third-order valence-electron chi connectivity index (χ3n) is 7.41. The molecule has 1 amide bonds. The van der Waals surface area contributed by atoms with Crippen molar-refractivity contribution in [3.8, 4) is 0 Å². The molecule has 5 rings (SSSR count). The second kappa shape index (κ2) is 11.6. The smallest absolute Gasteiger partial charge is 0.291 e. The lowest BCUT2D eigenvalue weighted by atomic mass is 9.86. The van der Waals surface area contributed by atoms with E-state index in [2.05, 4.69) is 4.90 Å². The Morgan fingerprint density at radius 2 is 1.44 bits per heavy atom. The number of nitrogens with zero attached hydrogens (tertiary/aromatic N) is 3. The van der Waals surface area contributed by atoms with Gasteiger partial charge in [-0.1, -0.05) is 24.3 Å². The molecule has 2 aromatic rings. The van der Waals surface area contributed by atoms with E-state index in [-0.39, 0.29) is 30.1 Å². The summed E-state index contributed by atoms with van der Waals surface area (Å²) in [5, 5.41) is 0. The molecular weight excluding hydrogens is 529 g/mol. The zero-order valence-corrected chi connectivity index (χ0v) is 22.1. The number of hydrogen-bond donors (Lipinski definition) is 0. The second-order valence-electron chi connectivity index (χ2n) is 9.70. The molecule has 0 spiro atoms. The predicted octanol–water partition coefficient (Wildman–Crippen LogP) is 1.13. The van der Waals surface area contributed by atoms with Gasteiger partial charge in [-0.2, -0.15) is 4.31 Å². The lowest BCUT2D eigenvalue weighted by molar-refractivity contribution is -0.141. The summed E-state index contributed by atoms with van der Waals surface area (Å²) >= 11 is 0. The normalized spacial score (nSPS) is 23.4. The number of benzene rings is 2. The molecule has 3 heterocycles. The molecule has 0 N–H and O–H groups in total. The minimum atomic E-state index is -3.76. The number of Topliss-reactive ketones (excluding diaryl/α,β-unsaturated/α-hetero) is 2. The molecule has 0 saturated carbocycles. The van der Waals surface area contributed by atoms with Gasteiger partial charge in [-0.05, 0) is 29.8 Å². The highest BCUT2D eigenvalue weighted by atomic mass is 32.2. The number of halogens is 1. The molecule has 2 unspecified atom stereocenters. The van der Waals surface area contributed by atoms with Crippen molar-refractivity contribution in [1.29, 1.82) is 0 Å². The van der Waals surface area contributed by atoms with Crippen LogP contribution in [0.5, 0.6) is 0 Å². The van der Waals surface area contributed by atoms with Gasteiger partial charge in [0.05, 0.1) is 37.4 Å². The fourth-order valence-corrected chi connectivity index (χ4v) is 6.65. The molecule has 208 valence electrons. The van der Waals surface area contributed by atoms with E-state index in [4.69, 9.17) is 9.47 Å². The molecule has 2 atom stereocenters. The number of sulfonamides is 1. The highest BCUT2D eigenvalue weighted by molar-refractivity contribution is 7.89. The monoisotopic (exact) mass is 559 g/mol. The standard InChI is InChI=1S/C27H30FN3O7S/c28-21-5-1-19(2-6-21)24-23(26(33)27(34)31(24)10-9-29-11-15-37-16-12-29)25(32)20-3-7-22(8-4-20)39(35,36)30-13-17-38-18-14-30/h1-8,23-24H,9-18H2. The van der Waals surface area contributed by atoms with Gasteiger partial charge in [-0.25, -0.2) is 12.8 Å². The number of carbonyl (C=O) groups excluding carboxylic acids is 3. The number of morpholine rings is 2. The Balaban J connectivity index is 1.41. The summed E-state index contributed by atoms with van der Waals surface area (Å²) in [6.07, 6.45) is 0. The van der Waals surface area contributed by atoms with Crippen LogP contribution in [0.25, 0.3) is 0 Å². The second-order valence-corrected chi connectivity index (χ2v) is 11.6. The SMILES string of the molecule is O=C1C(=O)N(CCN2CCOCC2)C(c2ccc(F)cc2)C1C(=O)c1ccc(S(=O)(=O)N2CCOCC2)cc1. The topological polar surface area (TPSA) is 114 Å². The Kier molecular flexibility index (Phi) is 8.19. The lowest BCUT2D eigenvalue weighted by Gasteiger charge is -2.31. The first-order valence-electron chi connectivity index (χ1n) is 12.9. The average Bonchev–Trinajstić information content (AvgIpc) is 3.22. The molecule has 3 fully saturated rings. The number of likely N-dealkylation sites (tertiary alicyclic amines) is 1. The number of rotatable bonds is 8. The van der Waals surface area contributed by atoms with Gasteiger partial charge < -0.3 is 14.4 Å². The van der Waals surface area contributed by atoms with Crippen LogP contribution in [0.15, 0.2) is 53.4 Å². The van der Waals surface area contributed by atoms with Crippen LogP contribution >= 0.6 is 0 Å². The van der Waals surface area contributed by atoms with Gasteiger partial charge in [0.1, 0.15) is 11.7 Å². The fraction of sp³-hybridized carbons (Fsp3) is 0.444. The van der Waals surface area contributed by atoms with Crippen molar-refractivity contribution in [2.24, 2.45) is 5.92 Å². The maximum Gasteiger partial charge on any atom is 0.291 e. The summed E-state index contributed by atoms with van der Waals surface area (Å²) in [5.74, 6) is -4.00. The summed E-state index contributed by atoms with van der Waals surface area (Å²) < 4.78 is 51.6. The zero-order chi connectivity index (χ0) is 27.6. The Morgan fingerprint density at radius 3 is 2.05 bits per heavy atom. The van der Waals surface area contributed by atoms with E-state index in [9.17, 15) is 27.2 Å². The molecule has 3 saturated heterocycles. The summed E-state index contributed by atoms with van der Waals surface area (Å²) in [7, 11) is -3.76. The quantitative estimate of drug-likeness (QED) is 0.269. The van der Waals surface area contributed by atoms with Crippen molar-refractivity contribution in [2.45, 2.75) is 10.9 Å². The van der Waals surface area contributed by atoms with Crippen molar-refractivity contribution in [3.63, 3.8) is 0 Å². The molecule has 0 aliphatic carbocycles. The molecule has 0 aromatic heterocycles. The van der Waals surface area contributed by atoms with E-state index in [1.54, 1.807) is 0 Å². The number of hydrogen-bond acceptors (Lipinski definition) is 8. The van der Waals surface area contributed by atoms with E-state index in [0.717, 1.165) is 0 Å². The molecule has 0 radical (unpaired) electrons. The highest BCUT2D eigenvalue weighted by Gasteiger charge is 2.51. The fourth-order valence-electron chi connectivity index (χ4n) is 5.24. The van der Waals surface area contributed by atoms with E-state index < -0.39 is 45.3 Å². The summed E-state index contributed by atoms with van der Waals surface area (Å²) in [6, 6.07) is 9.92. The summed E-state index contributed by atoms with van der Waals surface area (Å²) in [6.45, 7) is 4.34. The molecule has 3 aliphatic heterocycles. The van der Waals surface area contributed by atoms with Crippen LogP contribution in [0.2, 0.25) is 0 Å². The number of carbonyl (C=O) groups is 3. The maximum atomic E-state index is 13.7. The zero-order valence-electron chi connectivity index (χ0n) is 21.3. The third-order valence-corrected chi connectivity index (χ3v) is 9.32. The van der Waals surface area contributed by atoms with Gasteiger partial charge in [-0.3, -0.25) is 19.3 Å². The minimum absolute atomic E-state index is 0.0250. The number of amides is 1. The Hall–Kier alpha value is -3.03. The van der Waals surface area contributed by atoms with Crippen molar-refractivity contribution in [1.82, 2.24) is 14.1 Å². The number of ketones is 2. The van der Waals surface area contributed by atoms with E-state index in [0.29, 0.717) is 51.6 Å². The van der Waals surface area contributed by atoms with Gasteiger partial charge in [0.25, 0.3) is 5.91 Å². The Bertz CT molecular complexity index is 1320. The van der Waals surface area contributed by atoms with Crippen LogP contribution in [0.4, 0.5) is 4.39 Å². The van der Waals surface area contributed by atoms with E-state index in [1.807, 2.05) is 0 Å².